The third kappa shape index (κ3) is 2.98. The quantitative estimate of drug-likeness (QED) is 0.858. The van der Waals surface area contributed by atoms with Crippen LogP contribution in [-0.4, -0.2) is 59.6 Å². The van der Waals surface area contributed by atoms with Crippen molar-refractivity contribution in [1.29, 1.82) is 0 Å². The van der Waals surface area contributed by atoms with E-state index in [4.69, 9.17) is 0 Å². The van der Waals surface area contributed by atoms with Crippen molar-refractivity contribution in [1.82, 2.24) is 9.80 Å². The molecule has 1 saturated heterocycles. The molecule has 1 amide bonds. The minimum absolute atomic E-state index is 0.0173. The third-order valence-electron chi connectivity index (χ3n) is 3.60. The van der Waals surface area contributed by atoms with Crippen LogP contribution in [0, 0.1) is 5.92 Å². The average Bonchev–Trinajstić information content (AvgIpc) is 2.74. The number of hydrogen-bond donors (Lipinski definition) is 2. The van der Waals surface area contributed by atoms with E-state index in [9.17, 15) is 15.0 Å². The zero-order valence-corrected chi connectivity index (χ0v) is 11.3. The molecule has 0 aliphatic carbocycles. The molecule has 0 aromatic heterocycles. The third-order valence-corrected chi connectivity index (χ3v) is 3.60. The zero-order valence-electron chi connectivity index (χ0n) is 11.3. The Bertz CT molecular complexity index is 456. The van der Waals surface area contributed by atoms with Crippen molar-refractivity contribution in [2.45, 2.75) is 6.42 Å². The molecule has 1 heterocycles. The number of carbonyl (C=O) groups excluding carboxylic acids is 1. The van der Waals surface area contributed by atoms with E-state index in [0.29, 0.717) is 12.5 Å². The molecule has 1 aliphatic heterocycles. The normalized spacial score (nSPS) is 19.6. The molecule has 104 valence electrons. The highest BCUT2D eigenvalue weighted by Gasteiger charge is 2.25. The molecule has 19 heavy (non-hydrogen) atoms. The van der Waals surface area contributed by atoms with E-state index in [1.54, 1.807) is 11.9 Å². The first kappa shape index (κ1) is 13.7. The summed E-state index contributed by atoms with van der Waals surface area (Å²) in [6, 6.07) is 4.32. The number of phenolic OH excluding ortho intramolecular Hbond substituents is 2. The molecule has 1 aromatic rings. The second-order valence-corrected chi connectivity index (χ2v) is 5.27. The zero-order chi connectivity index (χ0) is 14.0. The molecule has 0 saturated carbocycles. The highest BCUT2D eigenvalue weighted by atomic mass is 16.3. The van der Waals surface area contributed by atoms with Crippen LogP contribution in [0.2, 0.25) is 0 Å². The lowest BCUT2D eigenvalue weighted by Crippen LogP contribution is -2.32. The summed E-state index contributed by atoms with van der Waals surface area (Å²) in [4.78, 5) is 16.1. The van der Waals surface area contributed by atoms with Gasteiger partial charge in [0.05, 0.1) is 0 Å². The number of hydrogen-bond acceptors (Lipinski definition) is 4. The monoisotopic (exact) mass is 264 g/mol. The average molecular weight is 264 g/mol. The van der Waals surface area contributed by atoms with Crippen LogP contribution in [-0.2, 0) is 0 Å². The SMILES string of the molecule is CN1CCC(CN(C)C(=O)c2c(O)cccc2O)C1. The lowest BCUT2D eigenvalue weighted by Gasteiger charge is -2.22. The van der Waals surface area contributed by atoms with Crippen LogP contribution in [0.1, 0.15) is 16.8 Å². The standard InChI is InChI=1S/C14H20N2O3/c1-15-7-6-10(8-15)9-16(2)14(19)13-11(17)4-3-5-12(13)18/h3-5,10,17-18H,6-9H2,1-2H3. The smallest absolute Gasteiger partial charge is 0.261 e. The Labute approximate surface area is 113 Å². The van der Waals surface area contributed by atoms with Gasteiger partial charge in [0, 0.05) is 20.1 Å². The number of amides is 1. The predicted octanol–water partition coefficient (Wildman–Crippen LogP) is 1.12. The summed E-state index contributed by atoms with van der Waals surface area (Å²) >= 11 is 0. The van der Waals surface area contributed by atoms with E-state index in [1.165, 1.54) is 18.2 Å². The van der Waals surface area contributed by atoms with Crippen LogP contribution < -0.4 is 0 Å². The van der Waals surface area contributed by atoms with Crippen LogP contribution in [0.3, 0.4) is 0 Å². The number of aromatic hydroxyl groups is 2. The molecule has 1 atom stereocenters. The van der Waals surface area contributed by atoms with Crippen molar-refractivity contribution in [3.05, 3.63) is 23.8 Å². The van der Waals surface area contributed by atoms with Gasteiger partial charge in [0.1, 0.15) is 17.1 Å². The summed E-state index contributed by atoms with van der Waals surface area (Å²) < 4.78 is 0. The molecule has 5 heteroatoms. The van der Waals surface area contributed by atoms with Crippen LogP contribution in [0.15, 0.2) is 18.2 Å². The van der Waals surface area contributed by atoms with Crippen LogP contribution >= 0.6 is 0 Å². The fourth-order valence-electron chi connectivity index (χ4n) is 2.58. The van der Waals surface area contributed by atoms with Gasteiger partial charge in [-0.1, -0.05) is 6.07 Å². The molecule has 1 aromatic carbocycles. The van der Waals surface area contributed by atoms with Gasteiger partial charge in [0.2, 0.25) is 0 Å². The molecule has 0 spiro atoms. The van der Waals surface area contributed by atoms with Gasteiger partial charge in [-0.3, -0.25) is 4.79 Å². The Morgan fingerprint density at radius 3 is 2.58 bits per heavy atom. The Balaban J connectivity index is 2.07. The first-order chi connectivity index (χ1) is 8.99. The van der Waals surface area contributed by atoms with E-state index < -0.39 is 0 Å². The fourth-order valence-corrected chi connectivity index (χ4v) is 2.58. The molecular formula is C14H20N2O3. The highest BCUT2D eigenvalue weighted by Crippen LogP contribution is 2.28. The van der Waals surface area contributed by atoms with Crippen molar-refractivity contribution >= 4 is 5.91 Å². The maximum absolute atomic E-state index is 12.2. The summed E-state index contributed by atoms with van der Waals surface area (Å²) in [5.41, 5.74) is -0.0173. The van der Waals surface area contributed by atoms with E-state index in [0.717, 1.165) is 19.5 Å². The summed E-state index contributed by atoms with van der Waals surface area (Å²) in [6.45, 7) is 2.66. The second kappa shape index (κ2) is 5.48. The Kier molecular flexibility index (Phi) is 3.95. The number of carbonyl (C=O) groups is 1. The molecule has 0 bridgehead atoms. The van der Waals surface area contributed by atoms with Gasteiger partial charge in [-0.05, 0) is 38.1 Å². The molecule has 5 nitrogen and oxygen atoms in total. The first-order valence-electron chi connectivity index (χ1n) is 6.44. The van der Waals surface area contributed by atoms with Crippen molar-refractivity contribution in [2.75, 3.05) is 33.7 Å². The van der Waals surface area contributed by atoms with Crippen molar-refractivity contribution in [3.8, 4) is 11.5 Å². The summed E-state index contributed by atoms with van der Waals surface area (Å²) in [5, 5.41) is 19.4. The second-order valence-electron chi connectivity index (χ2n) is 5.27. The molecule has 1 fully saturated rings. The molecule has 2 rings (SSSR count). The minimum atomic E-state index is -0.342. The Hall–Kier alpha value is -1.75. The topological polar surface area (TPSA) is 64.0 Å². The van der Waals surface area contributed by atoms with Gasteiger partial charge in [-0.2, -0.15) is 0 Å². The number of phenols is 2. The predicted molar refractivity (Wildman–Crippen MR) is 72.3 cm³/mol. The molecule has 0 radical (unpaired) electrons. The fraction of sp³-hybridized carbons (Fsp3) is 0.500. The number of nitrogens with zero attached hydrogens (tertiary/aromatic N) is 2. The Morgan fingerprint density at radius 1 is 1.42 bits per heavy atom. The van der Waals surface area contributed by atoms with Gasteiger partial charge < -0.3 is 20.0 Å². The molecule has 1 unspecified atom stereocenters. The highest BCUT2D eigenvalue weighted by molar-refractivity contribution is 5.99. The summed E-state index contributed by atoms with van der Waals surface area (Å²) in [6.07, 6.45) is 1.07. The minimum Gasteiger partial charge on any atom is -0.507 e. The molecule has 2 N–H and O–H groups in total. The number of rotatable bonds is 3. The largest absolute Gasteiger partial charge is 0.507 e. The molecular weight excluding hydrogens is 244 g/mol. The lowest BCUT2D eigenvalue weighted by molar-refractivity contribution is 0.0768. The number of benzene rings is 1. The van der Waals surface area contributed by atoms with Crippen LogP contribution in [0.25, 0.3) is 0 Å². The van der Waals surface area contributed by atoms with Gasteiger partial charge >= 0.3 is 0 Å². The van der Waals surface area contributed by atoms with E-state index in [2.05, 4.69) is 11.9 Å². The van der Waals surface area contributed by atoms with Crippen LogP contribution in [0.5, 0.6) is 11.5 Å². The maximum Gasteiger partial charge on any atom is 0.261 e. The van der Waals surface area contributed by atoms with E-state index >= 15 is 0 Å². The van der Waals surface area contributed by atoms with Gasteiger partial charge in [0.25, 0.3) is 5.91 Å². The van der Waals surface area contributed by atoms with E-state index in [1.807, 2.05) is 0 Å². The van der Waals surface area contributed by atoms with Gasteiger partial charge in [-0.25, -0.2) is 0 Å². The van der Waals surface area contributed by atoms with Crippen LogP contribution in [0.4, 0.5) is 0 Å². The lowest BCUT2D eigenvalue weighted by atomic mass is 10.1. The van der Waals surface area contributed by atoms with E-state index in [-0.39, 0.29) is 23.0 Å². The maximum atomic E-state index is 12.2. The van der Waals surface area contributed by atoms with Gasteiger partial charge in [-0.15, -0.1) is 0 Å². The van der Waals surface area contributed by atoms with Gasteiger partial charge in [0.15, 0.2) is 0 Å². The Morgan fingerprint density at radius 2 is 2.05 bits per heavy atom. The van der Waals surface area contributed by atoms with Crippen molar-refractivity contribution in [2.24, 2.45) is 5.92 Å². The first-order valence-corrected chi connectivity index (χ1v) is 6.44. The van der Waals surface area contributed by atoms with Crippen molar-refractivity contribution < 1.29 is 15.0 Å². The number of likely N-dealkylation sites (tertiary alicyclic amines) is 1. The summed E-state index contributed by atoms with van der Waals surface area (Å²) in [5.74, 6) is -0.252. The summed E-state index contributed by atoms with van der Waals surface area (Å²) in [7, 11) is 3.77. The molecule has 1 aliphatic rings. The van der Waals surface area contributed by atoms with Crippen molar-refractivity contribution in [3.63, 3.8) is 0 Å².